The molecule has 1 heterocycles. The van der Waals surface area contributed by atoms with Gasteiger partial charge in [0.1, 0.15) is 0 Å². The van der Waals surface area contributed by atoms with Crippen molar-refractivity contribution < 1.29 is 17.5 Å². The van der Waals surface area contributed by atoms with Gasteiger partial charge in [0.05, 0.1) is 5.00 Å². The molecule has 0 saturated heterocycles. The van der Waals surface area contributed by atoms with Crippen LogP contribution >= 0.6 is 11.3 Å². The average molecular weight is 239 g/mol. The zero-order chi connectivity index (χ0) is 11.2. The van der Waals surface area contributed by atoms with Gasteiger partial charge in [0, 0.05) is 0 Å². The molecule has 1 aromatic heterocycles. The monoisotopic (exact) mass is 239 g/mol. The molecule has 0 unspecified atom stereocenters. The number of rotatable bonds is 1. The highest BCUT2D eigenvalue weighted by molar-refractivity contribution is 7.79. The molecule has 0 aliphatic carbocycles. The number of nitrogens with two attached hydrogens (primary N) is 1. The first-order valence-electron chi connectivity index (χ1n) is 3.13. The van der Waals surface area contributed by atoms with E-state index < -0.39 is 10.4 Å². The molecule has 80 valence electrons. The summed E-state index contributed by atoms with van der Waals surface area (Å²) in [7, 11) is -4.67. The smallest absolute Gasteiger partial charge is 0.370 e. The number of thiophene rings is 1. The largest absolute Gasteiger partial charge is 0.394 e. The van der Waals surface area contributed by atoms with Crippen molar-refractivity contribution in [2.24, 2.45) is 5.73 Å². The van der Waals surface area contributed by atoms with Crippen LogP contribution in [0.15, 0.2) is 17.5 Å². The summed E-state index contributed by atoms with van der Waals surface area (Å²) in [5.41, 5.74) is 5.06. The van der Waals surface area contributed by atoms with Crippen LogP contribution in [0.1, 0.15) is 0 Å². The Balaban J connectivity index is 0.000000292. The fourth-order valence-corrected chi connectivity index (χ4v) is 1.11. The Morgan fingerprint density at radius 3 is 2.36 bits per heavy atom. The second kappa shape index (κ2) is 5.54. The second-order valence-corrected chi connectivity index (χ2v) is 3.81. The van der Waals surface area contributed by atoms with E-state index in [9.17, 15) is 0 Å². The van der Waals surface area contributed by atoms with E-state index in [0.29, 0.717) is 0 Å². The molecule has 6 N–H and O–H groups in total. The zero-order valence-electron chi connectivity index (χ0n) is 6.84. The number of guanidine groups is 1. The highest BCUT2D eigenvalue weighted by Gasteiger charge is 1.89. The molecule has 7 nitrogen and oxygen atoms in total. The average Bonchev–Trinajstić information content (AvgIpc) is 2.33. The van der Waals surface area contributed by atoms with Crippen molar-refractivity contribution in [1.29, 1.82) is 5.41 Å². The lowest BCUT2D eigenvalue weighted by Gasteiger charge is -1.95. The Kier molecular flexibility index (Phi) is 5.09. The Hall–Kier alpha value is -1.16. The summed E-state index contributed by atoms with van der Waals surface area (Å²) in [5.74, 6) is -0.0162. The van der Waals surface area contributed by atoms with Crippen molar-refractivity contribution in [2.75, 3.05) is 5.32 Å². The molecule has 0 saturated carbocycles. The van der Waals surface area contributed by atoms with Gasteiger partial charge in [-0.3, -0.25) is 14.5 Å². The summed E-state index contributed by atoms with van der Waals surface area (Å²) < 4.78 is 31.6. The topological polar surface area (TPSA) is 136 Å². The highest BCUT2D eigenvalue weighted by Crippen LogP contribution is 2.13. The van der Waals surface area contributed by atoms with E-state index in [-0.39, 0.29) is 5.96 Å². The van der Waals surface area contributed by atoms with Gasteiger partial charge in [0.25, 0.3) is 0 Å². The number of anilines is 1. The maximum Gasteiger partial charge on any atom is 0.394 e. The molecule has 0 aliphatic heterocycles. The highest BCUT2D eigenvalue weighted by atomic mass is 32.3. The minimum absolute atomic E-state index is 0.0162. The molecule has 0 bridgehead atoms. The SMILES string of the molecule is N=C(N)Nc1cccs1.O=S(=O)(O)O. The maximum absolute atomic E-state index is 8.74. The van der Waals surface area contributed by atoms with Crippen LogP contribution in [0, 0.1) is 5.41 Å². The molecular formula is C5H9N3O4S2. The van der Waals surface area contributed by atoms with Gasteiger partial charge in [0.15, 0.2) is 5.96 Å². The summed E-state index contributed by atoms with van der Waals surface area (Å²) in [6.07, 6.45) is 0. The summed E-state index contributed by atoms with van der Waals surface area (Å²) in [4.78, 5) is 0. The number of hydrogen-bond donors (Lipinski definition) is 5. The van der Waals surface area contributed by atoms with Crippen molar-refractivity contribution in [3.63, 3.8) is 0 Å². The second-order valence-electron chi connectivity index (χ2n) is 1.96. The summed E-state index contributed by atoms with van der Waals surface area (Å²) in [6.45, 7) is 0. The van der Waals surface area contributed by atoms with Gasteiger partial charge < -0.3 is 11.1 Å². The van der Waals surface area contributed by atoms with E-state index in [4.69, 9.17) is 28.7 Å². The summed E-state index contributed by atoms with van der Waals surface area (Å²) >= 11 is 1.52. The normalized spacial score (nSPS) is 9.86. The molecule has 14 heavy (non-hydrogen) atoms. The van der Waals surface area contributed by atoms with Gasteiger partial charge in [-0.15, -0.1) is 11.3 Å². The van der Waals surface area contributed by atoms with E-state index in [0.717, 1.165) is 5.00 Å². The first-order chi connectivity index (χ1) is 6.29. The molecule has 9 heteroatoms. The summed E-state index contributed by atoms with van der Waals surface area (Å²) in [6, 6.07) is 3.77. The Labute approximate surface area is 84.6 Å². The molecule has 0 amide bonds. The van der Waals surface area contributed by atoms with Gasteiger partial charge in [-0.1, -0.05) is 0 Å². The predicted molar refractivity (Wildman–Crippen MR) is 54.0 cm³/mol. The van der Waals surface area contributed by atoms with Crippen LogP contribution in [0.3, 0.4) is 0 Å². The van der Waals surface area contributed by atoms with Gasteiger partial charge in [-0.2, -0.15) is 8.42 Å². The third kappa shape index (κ3) is 10.8. The lowest BCUT2D eigenvalue weighted by molar-refractivity contribution is 0.381. The van der Waals surface area contributed by atoms with Gasteiger partial charge >= 0.3 is 10.4 Å². The Morgan fingerprint density at radius 2 is 2.07 bits per heavy atom. The Morgan fingerprint density at radius 1 is 1.57 bits per heavy atom. The zero-order valence-corrected chi connectivity index (χ0v) is 8.47. The predicted octanol–water partition coefficient (Wildman–Crippen LogP) is 0.401. The number of nitrogens with one attached hydrogen (secondary N) is 2. The molecule has 1 aromatic rings. The third-order valence-electron chi connectivity index (χ3n) is 0.779. The van der Waals surface area contributed by atoms with Crippen LogP contribution in [0.4, 0.5) is 5.00 Å². The van der Waals surface area contributed by atoms with E-state index in [1.165, 1.54) is 11.3 Å². The molecule has 0 fully saturated rings. The maximum atomic E-state index is 8.74. The fourth-order valence-electron chi connectivity index (χ4n) is 0.482. The van der Waals surface area contributed by atoms with E-state index in [1.54, 1.807) is 0 Å². The molecule has 1 rings (SSSR count). The van der Waals surface area contributed by atoms with Gasteiger partial charge in [-0.25, -0.2) is 0 Å². The Bertz CT molecular complexity index is 364. The van der Waals surface area contributed by atoms with Crippen molar-refractivity contribution in [1.82, 2.24) is 0 Å². The molecular weight excluding hydrogens is 230 g/mol. The van der Waals surface area contributed by atoms with E-state index in [2.05, 4.69) is 5.32 Å². The lowest BCUT2D eigenvalue weighted by Crippen LogP contribution is -2.19. The third-order valence-corrected chi connectivity index (χ3v) is 1.56. The van der Waals surface area contributed by atoms with Crippen LogP contribution in [0.25, 0.3) is 0 Å². The first-order valence-corrected chi connectivity index (χ1v) is 5.41. The van der Waals surface area contributed by atoms with Gasteiger partial charge in [0.2, 0.25) is 0 Å². The van der Waals surface area contributed by atoms with E-state index >= 15 is 0 Å². The standard InChI is InChI=1S/C5H7N3S.H2O4S/c6-5(7)8-4-2-1-3-9-4;1-5(2,3)4/h1-3H,(H4,6,7,8);(H2,1,2,3,4). The van der Waals surface area contributed by atoms with Crippen LogP contribution in [-0.4, -0.2) is 23.5 Å². The van der Waals surface area contributed by atoms with Crippen LogP contribution in [0.2, 0.25) is 0 Å². The molecule has 0 spiro atoms. The van der Waals surface area contributed by atoms with E-state index in [1.807, 2.05) is 17.5 Å². The summed E-state index contributed by atoms with van der Waals surface area (Å²) in [5, 5.41) is 12.3. The van der Waals surface area contributed by atoms with Crippen molar-refractivity contribution >= 4 is 32.7 Å². The number of hydrogen-bond acceptors (Lipinski definition) is 4. The molecule has 0 atom stereocenters. The molecule has 0 aliphatic rings. The van der Waals surface area contributed by atoms with Crippen molar-refractivity contribution in [2.45, 2.75) is 0 Å². The van der Waals surface area contributed by atoms with Crippen molar-refractivity contribution in [3.05, 3.63) is 17.5 Å². The lowest BCUT2D eigenvalue weighted by atomic mass is 10.6. The van der Waals surface area contributed by atoms with Gasteiger partial charge in [-0.05, 0) is 17.5 Å². The first kappa shape index (κ1) is 12.8. The minimum Gasteiger partial charge on any atom is -0.370 e. The quantitative estimate of drug-likeness (QED) is 0.273. The van der Waals surface area contributed by atoms with Crippen LogP contribution < -0.4 is 11.1 Å². The molecule has 0 radical (unpaired) electrons. The van der Waals surface area contributed by atoms with Crippen LogP contribution in [-0.2, 0) is 10.4 Å². The minimum atomic E-state index is -4.67. The fraction of sp³-hybridized carbons (Fsp3) is 0. The van der Waals surface area contributed by atoms with Crippen LogP contribution in [0.5, 0.6) is 0 Å². The molecule has 0 aromatic carbocycles. The van der Waals surface area contributed by atoms with Crippen molar-refractivity contribution in [3.8, 4) is 0 Å².